The van der Waals surface area contributed by atoms with Gasteiger partial charge in [-0.1, -0.05) is 0 Å². The predicted octanol–water partition coefficient (Wildman–Crippen LogP) is 2.94. The number of nitrogens with zero attached hydrogens (tertiary/aromatic N) is 1. The van der Waals surface area contributed by atoms with Gasteiger partial charge < -0.3 is 9.47 Å². The van der Waals surface area contributed by atoms with Gasteiger partial charge in [-0.3, -0.25) is 0 Å². The third-order valence-corrected chi connectivity index (χ3v) is 2.49. The Bertz CT molecular complexity index is 406. The zero-order valence-electron chi connectivity index (χ0n) is 10.5. The summed E-state index contributed by atoms with van der Waals surface area (Å²) in [6, 6.07) is 8.89. The molecule has 0 aliphatic carbocycles. The van der Waals surface area contributed by atoms with Crippen molar-refractivity contribution < 1.29 is 14.3 Å². The summed E-state index contributed by atoms with van der Waals surface area (Å²) >= 11 is 0. The van der Waals surface area contributed by atoms with Crippen LogP contribution in [0.3, 0.4) is 0 Å². The number of hydrogen-bond donors (Lipinski definition) is 0. The molecule has 4 nitrogen and oxygen atoms in total. The van der Waals surface area contributed by atoms with Gasteiger partial charge in [-0.25, -0.2) is 4.79 Å². The Labute approximate surface area is 107 Å². The van der Waals surface area contributed by atoms with E-state index in [2.05, 4.69) is 6.07 Å². The van der Waals surface area contributed by atoms with Crippen LogP contribution in [0.5, 0.6) is 5.75 Å². The van der Waals surface area contributed by atoms with Gasteiger partial charge in [0, 0.05) is 6.42 Å². The second kappa shape index (κ2) is 8.13. The first-order valence-electron chi connectivity index (χ1n) is 5.96. The molecule has 0 aromatic heterocycles. The van der Waals surface area contributed by atoms with E-state index in [1.165, 1.54) is 0 Å². The second-order valence-electron chi connectivity index (χ2n) is 3.83. The van der Waals surface area contributed by atoms with Crippen LogP contribution in [0.1, 0.15) is 36.0 Å². The molecule has 0 heterocycles. The molecule has 4 heteroatoms. The molecule has 0 radical (unpaired) electrons. The summed E-state index contributed by atoms with van der Waals surface area (Å²) in [5.74, 6) is 0.390. The number of hydrogen-bond acceptors (Lipinski definition) is 4. The van der Waals surface area contributed by atoms with E-state index < -0.39 is 0 Å². The molecule has 18 heavy (non-hydrogen) atoms. The Hall–Kier alpha value is -2.02. The predicted molar refractivity (Wildman–Crippen MR) is 67.4 cm³/mol. The van der Waals surface area contributed by atoms with Crippen LogP contribution in [0.2, 0.25) is 0 Å². The van der Waals surface area contributed by atoms with E-state index in [9.17, 15) is 4.79 Å². The van der Waals surface area contributed by atoms with Crippen LogP contribution in [0, 0.1) is 11.3 Å². The van der Waals surface area contributed by atoms with Crippen LogP contribution in [-0.2, 0) is 4.74 Å². The average molecular weight is 247 g/mol. The molecule has 0 aliphatic heterocycles. The molecule has 96 valence electrons. The minimum absolute atomic E-state index is 0.321. The molecule has 1 aromatic rings. The van der Waals surface area contributed by atoms with Crippen LogP contribution in [-0.4, -0.2) is 19.7 Å². The molecule has 0 bridgehead atoms. The fraction of sp³-hybridized carbons (Fsp3) is 0.429. The molecular formula is C14H17NO3. The summed E-state index contributed by atoms with van der Waals surface area (Å²) in [5.41, 5.74) is 0.521. The lowest BCUT2D eigenvalue weighted by molar-refractivity contribution is 0.0498. The normalized spacial score (nSPS) is 9.56. The van der Waals surface area contributed by atoms with E-state index in [1.807, 2.05) is 0 Å². The van der Waals surface area contributed by atoms with Crippen molar-refractivity contribution in [2.45, 2.75) is 25.7 Å². The quantitative estimate of drug-likeness (QED) is 0.549. The van der Waals surface area contributed by atoms with E-state index in [1.54, 1.807) is 31.4 Å². The van der Waals surface area contributed by atoms with Crippen molar-refractivity contribution in [2.75, 3.05) is 13.7 Å². The topological polar surface area (TPSA) is 59.3 Å². The third-order valence-electron chi connectivity index (χ3n) is 2.49. The highest BCUT2D eigenvalue weighted by Gasteiger charge is 2.06. The summed E-state index contributed by atoms with van der Waals surface area (Å²) in [7, 11) is 1.58. The van der Waals surface area contributed by atoms with E-state index in [0.717, 1.165) is 19.3 Å². The largest absolute Gasteiger partial charge is 0.497 e. The standard InChI is InChI=1S/C14H17NO3/c1-17-13-8-6-12(7-9-13)14(16)18-11-5-3-2-4-10-15/h6-9H,2-5,11H2,1H3. The SMILES string of the molecule is COc1ccc(C(=O)OCCCCCC#N)cc1. The Morgan fingerprint density at radius 2 is 1.94 bits per heavy atom. The highest BCUT2D eigenvalue weighted by atomic mass is 16.5. The first-order chi connectivity index (χ1) is 8.77. The van der Waals surface area contributed by atoms with E-state index in [-0.39, 0.29) is 5.97 Å². The second-order valence-corrected chi connectivity index (χ2v) is 3.83. The monoisotopic (exact) mass is 247 g/mol. The summed E-state index contributed by atoms with van der Waals surface area (Å²) in [4.78, 5) is 11.6. The van der Waals surface area contributed by atoms with Crippen molar-refractivity contribution in [3.05, 3.63) is 29.8 Å². The minimum Gasteiger partial charge on any atom is -0.497 e. The number of ether oxygens (including phenoxy) is 2. The molecule has 0 unspecified atom stereocenters. The van der Waals surface area contributed by atoms with Gasteiger partial charge in [0.25, 0.3) is 0 Å². The summed E-state index contributed by atoms with van der Waals surface area (Å²) in [6.45, 7) is 0.399. The van der Waals surface area contributed by atoms with Gasteiger partial charge in [0.1, 0.15) is 5.75 Å². The van der Waals surface area contributed by atoms with Gasteiger partial charge in [0.05, 0.1) is 25.3 Å². The Balaban J connectivity index is 2.25. The molecular weight excluding hydrogens is 230 g/mol. The first kappa shape index (κ1) is 14.0. The fourth-order valence-electron chi connectivity index (χ4n) is 1.46. The smallest absolute Gasteiger partial charge is 0.338 e. The van der Waals surface area contributed by atoms with Crippen LogP contribution >= 0.6 is 0 Å². The Morgan fingerprint density at radius 1 is 1.22 bits per heavy atom. The molecule has 1 aromatic carbocycles. The summed E-state index contributed by atoms with van der Waals surface area (Å²) in [5, 5.41) is 8.36. The minimum atomic E-state index is -0.321. The lowest BCUT2D eigenvalue weighted by Gasteiger charge is -2.05. The lowest BCUT2D eigenvalue weighted by atomic mass is 10.2. The van der Waals surface area contributed by atoms with Crippen molar-refractivity contribution in [3.8, 4) is 11.8 Å². The van der Waals surface area contributed by atoms with E-state index >= 15 is 0 Å². The highest BCUT2D eigenvalue weighted by Crippen LogP contribution is 2.12. The Kier molecular flexibility index (Phi) is 6.34. The molecule has 0 spiro atoms. The number of carbonyl (C=O) groups is 1. The van der Waals surface area contributed by atoms with Crippen LogP contribution in [0.4, 0.5) is 0 Å². The van der Waals surface area contributed by atoms with Crippen molar-refractivity contribution in [1.29, 1.82) is 5.26 Å². The van der Waals surface area contributed by atoms with Gasteiger partial charge >= 0.3 is 5.97 Å². The fourth-order valence-corrected chi connectivity index (χ4v) is 1.46. The van der Waals surface area contributed by atoms with Crippen molar-refractivity contribution >= 4 is 5.97 Å². The Morgan fingerprint density at radius 3 is 2.56 bits per heavy atom. The maximum Gasteiger partial charge on any atom is 0.338 e. The van der Waals surface area contributed by atoms with Crippen LogP contribution in [0.15, 0.2) is 24.3 Å². The number of esters is 1. The number of methoxy groups -OCH3 is 1. The summed E-state index contributed by atoms with van der Waals surface area (Å²) < 4.78 is 10.1. The number of carbonyl (C=O) groups excluding carboxylic acids is 1. The van der Waals surface area contributed by atoms with Crippen LogP contribution in [0.25, 0.3) is 0 Å². The third kappa shape index (κ3) is 4.88. The van der Waals surface area contributed by atoms with Gasteiger partial charge in [-0.2, -0.15) is 5.26 Å². The van der Waals surface area contributed by atoms with Gasteiger partial charge in [0.2, 0.25) is 0 Å². The zero-order valence-corrected chi connectivity index (χ0v) is 10.5. The highest BCUT2D eigenvalue weighted by molar-refractivity contribution is 5.89. The molecule has 0 saturated carbocycles. The maximum absolute atomic E-state index is 11.6. The lowest BCUT2D eigenvalue weighted by Crippen LogP contribution is -2.06. The molecule has 0 N–H and O–H groups in total. The van der Waals surface area contributed by atoms with E-state index in [0.29, 0.717) is 24.3 Å². The van der Waals surface area contributed by atoms with Crippen molar-refractivity contribution in [1.82, 2.24) is 0 Å². The van der Waals surface area contributed by atoms with E-state index in [4.69, 9.17) is 14.7 Å². The molecule has 0 fully saturated rings. The zero-order chi connectivity index (χ0) is 13.2. The first-order valence-corrected chi connectivity index (χ1v) is 5.96. The molecule has 0 aliphatic rings. The number of unbranched alkanes of at least 4 members (excludes halogenated alkanes) is 3. The molecule has 1 rings (SSSR count). The molecule has 0 saturated heterocycles. The number of nitriles is 1. The average Bonchev–Trinajstić information content (AvgIpc) is 2.42. The van der Waals surface area contributed by atoms with Gasteiger partial charge in [0.15, 0.2) is 0 Å². The van der Waals surface area contributed by atoms with Gasteiger partial charge in [-0.15, -0.1) is 0 Å². The number of rotatable bonds is 7. The summed E-state index contributed by atoms with van der Waals surface area (Å²) in [6.07, 6.45) is 3.12. The van der Waals surface area contributed by atoms with Crippen molar-refractivity contribution in [3.63, 3.8) is 0 Å². The van der Waals surface area contributed by atoms with Crippen molar-refractivity contribution in [2.24, 2.45) is 0 Å². The maximum atomic E-state index is 11.6. The molecule has 0 atom stereocenters. The number of benzene rings is 1. The van der Waals surface area contributed by atoms with Gasteiger partial charge in [-0.05, 0) is 43.5 Å². The van der Waals surface area contributed by atoms with Crippen LogP contribution < -0.4 is 4.74 Å². The molecule has 0 amide bonds.